The number of carbonyl (C=O) groups is 1. The molecular formula is C27H25F3N4O3S. The third kappa shape index (κ3) is 6.46. The van der Waals surface area contributed by atoms with Crippen molar-refractivity contribution >= 4 is 23.4 Å². The molecule has 38 heavy (non-hydrogen) atoms. The number of methoxy groups -OCH3 is 1. The number of alkyl halides is 3. The molecule has 0 spiro atoms. The lowest BCUT2D eigenvalue weighted by molar-refractivity contribution is -0.137. The largest absolute Gasteiger partial charge is 0.497 e. The van der Waals surface area contributed by atoms with Crippen LogP contribution in [-0.2, 0) is 11.0 Å². The number of ether oxygens (including phenoxy) is 2. The van der Waals surface area contributed by atoms with Gasteiger partial charge in [0.2, 0.25) is 5.91 Å². The van der Waals surface area contributed by atoms with E-state index >= 15 is 0 Å². The van der Waals surface area contributed by atoms with E-state index in [1.54, 1.807) is 20.1 Å². The summed E-state index contributed by atoms with van der Waals surface area (Å²) in [6.45, 7) is 3.53. The van der Waals surface area contributed by atoms with E-state index in [1.165, 1.54) is 23.9 Å². The predicted octanol–water partition coefficient (Wildman–Crippen LogP) is 6.55. The van der Waals surface area contributed by atoms with Gasteiger partial charge in [-0.15, -0.1) is 10.2 Å². The molecule has 2 atom stereocenters. The van der Waals surface area contributed by atoms with Gasteiger partial charge < -0.3 is 14.8 Å². The van der Waals surface area contributed by atoms with Crippen LogP contribution in [0.4, 0.5) is 18.9 Å². The van der Waals surface area contributed by atoms with Crippen molar-refractivity contribution in [1.82, 2.24) is 14.8 Å². The van der Waals surface area contributed by atoms with Crippen molar-refractivity contribution in [2.24, 2.45) is 0 Å². The van der Waals surface area contributed by atoms with E-state index in [9.17, 15) is 18.0 Å². The predicted molar refractivity (Wildman–Crippen MR) is 139 cm³/mol. The number of hydrogen-bond donors (Lipinski definition) is 1. The number of halogens is 3. The lowest BCUT2D eigenvalue weighted by Gasteiger charge is -2.18. The summed E-state index contributed by atoms with van der Waals surface area (Å²) in [6.07, 6.45) is -4.95. The van der Waals surface area contributed by atoms with Crippen LogP contribution in [0.5, 0.6) is 11.5 Å². The fourth-order valence-electron chi connectivity index (χ4n) is 3.57. The van der Waals surface area contributed by atoms with Crippen molar-refractivity contribution in [3.63, 3.8) is 0 Å². The monoisotopic (exact) mass is 542 g/mol. The van der Waals surface area contributed by atoms with Crippen molar-refractivity contribution in [1.29, 1.82) is 0 Å². The van der Waals surface area contributed by atoms with E-state index in [2.05, 4.69) is 15.5 Å². The first kappa shape index (κ1) is 27.1. The van der Waals surface area contributed by atoms with Crippen LogP contribution in [0.1, 0.15) is 31.3 Å². The van der Waals surface area contributed by atoms with E-state index in [0.29, 0.717) is 22.5 Å². The Morgan fingerprint density at radius 2 is 1.63 bits per heavy atom. The zero-order chi connectivity index (χ0) is 27.3. The van der Waals surface area contributed by atoms with E-state index in [0.717, 1.165) is 17.8 Å². The number of nitrogens with zero attached hydrogens (tertiary/aromatic N) is 3. The maximum atomic E-state index is 12.8. The Morgan fingerprint density at radius 3 is 2.29 bits per heavy atom. The van der Waals surface area contributed by atoms with Crippen LogP contribution in [0.3, 0.4) is 0 Å². The van der Waals surface area contributed by atoms with Crippen LogP contribution >= 0.6 is 11.8 Å². The first-order valence-corrected chi connectivity index (χ1v) is 12.5. The molecule has 0 aliphatic heterocycles. The van der Waals surface area contributed by atoms with E-state index in [-0.39, 0.29) is 11.6 Å². The quantitative estimate of drug-likeness (QED) is 0.242. The van der Waals surface area contributed by atoms with Gasteiger partial charge in [0.25, 0.3) is 0 Å². The van der Waals surface area contributed by atoms with Crippen molar-refractivity contribution in [3.05, 3.63) is 90.3 Å². The normalized spacial score (nSPS) is 13.0. The highest BCUT2D eigenvalue weighted by Crippen LogP contribution is 2.32. The number of carbonyl (C=O) groups excluding carboxylic acids is 1. The fourth-order valence-corrected chi connectivity index (χ4v) is 4.44. The van der Waals surface area contributed by atoms with Crippen LogP contribution in [0.2, 0.25) is 0 Å². The molecule has 1 heterocycles. The molecule has 11 heteroatoms. The summed E-state index contributed by atoms with van der Waals surface area (Å²) < 4.78 is 51.7. The second-order valence-corrected chi connectivity index (χ2v) is 9.58. The summed E-state index contributed by atoms with van der Waals surface area (Å²) in [6, 6.07) is 20.9. The molecule has 0 saturated heterocycles. The fraction of sp³-hybridized carbons (Fsp3) is 0.222. The molecule has 3 aromatic carbocycles. The Bertz CT molecular complexity index is 1380. The van der Waals surface area contributed by atoms with Gasteiger partial charge >= 0.3 is 6.18 Å². The Kier molecular flexibility index (Phi) is 8.26. The van der Waals surface area contributed by atoms with Gasteiger partial charge in [-0.2, -0.15) is 13.2 Å². The second-order valence-electron chi connectivity index (χ2n) is 8.28. The van der Waals surface area contributed by atoms with Gasteiger partial charge in [-0.05, 0) is 62.4 Å². The standard InChI is InChI=1S/C27H25F3N4O3S/c1-17(37-23-11-7-10-22(16-23)36-3)24-32-33-26(34(24)21-8-5-4-6-9-21)38-18(2)25(35)31-20-14-12-19(13-15-20)27(28,29)30/h4-18H,1-3H3,(H,31,35). The molecule has 0 fully saturated rings. The summed E-state index contributed by atoms with van der Waals surface area (Å²) in [5.41, 5.74) is 0.263. The maximum absolute atomic E-state index is 12.8. The lowest BCUT2D eigenvalue weighted by Crippen LogP contribution is -2.23. The van der Waals surface area contributed by atoms with Gasteiger partial charge in [-0.25, -0.2) is 0 Å². The minimum Gasteiger partial charge on any atom is -0.497 e. The minimum atomic E-state index is -4.45. The highest BCUT2D eigenvalue weighted by molar-refractivity contribution is 8.00. The van der Waals surface area contributed by atoms with Crippen molar-refractivity contribution in [3.8, 4) is 17.2 Å². The van der Waals surface area contributed by atoms with Gasteiger partial charge in [-0.1, -0.05) is 36.0 Å². The number of thioether (sulfide) groups is 1. The van der Waals surface area contributed by atoms with E-state index in [4.69, 9.17) is 9.47 Å². The molecule has 1 amide bonds. The van der Waals surface area contributed by atoms with Crippen molar-refractivity contribution < 1.29 is 27.4 Å². The Hall–Kier alpha value is -3.99. The molecule has 7 nitrogen and oxygen atoms in total. The number of benzene rings is 3. The Morgan fingerprint density at radius 1 is 0.947 bits per heavy atom. The molecule has 0 aliphatic rings. The summed E-state index contributed by atoms with van der Waals surface area (Å²) in [4.78, 5) is 12.8. The van der Waals surface area contributed by atoms with Gasteiger partial charge in [0, 0.05) is 17.4 Å². The zero-order valence-electron chi connectivity index (χ0n) is 20.8. The van der Waals surface area contributed by atoms with E-state index in [1.807, 2.05) is 60.0 Å². The average Bonchev–Trinajstić information content (AvgIpc) is 3.32. The molecule has 4 aromatic rings. The molecule has 2 unspecified atom stereocenters. The number of amides is 1. The molecule has 0 radical (unpaired) electrons. The van der Waals surface area contributed by atoms with Crippen LogP contribution in [0.15, 0.2) is 84.0 Å². The third-order valence-electron chi connectivity index (χ3n) is 5.52. The summed E-state index contributed by atoms with van der Waals surface area (Å²) in [5, 5.41) is 11.2. The molecular weight excluding hydrogens is 517 g/mol. The van der Waals surface area contributed by atoms with E-state index < -0.39 is 23.1 Å². The number of rotatable bonds is 9. The molecule has 1 aromatic heterocycles. The summed E-state index contributed by atoms with van der Waals surface area (Å²) in [7, 11) is 1.58. The van der Waals surface area contributed by atoms with Crippen LogP contribution in [-0.4, -0.2) is 33.0 Å². The van der Waals surface area contributed by atoms with Crippen LogP contribution < -0.4 is 14.8 Å². The number of para-hydroxylation sites is 1. The minimum absolute atomic E-state index is 0.265. The van der Waals surface area contributed by atoms with Crippen molar-refractivity contribution in [2.45, 2.75) is 36.5 Å². The molecule has 198 valence electrons. The number of anilines is 1. The van der Waals surface area contributed by atoms with Gasteiger partial charge in [0.05, 0.1) is 17.9 Å². The highest BCUT2D eigenvalue weighted by atomic mass is 32.2. The average molecular weight is 543 g/mol. The van der Waals surface area contributed by atoms with Gasteiger partial charge in [0.15, 0.2) is 17.1 Å². The van der Waals surface area contributed by atoms with Crippen LogP contribution in [0.25, 0.3) is 5.69 Å². The lowest BCUT2D eigenvalue weighted by atomic mass is 10.2. The van der Waals surface area contributed by atoms with Crippen LogP contribution in [0, 0.1) is 0 Å². The van der Waals surface area contributed by atoms with Gasteiger partial charge in [-0.3, -0.25) is 9.36 Å². The molecule has 1 N–H and O–H groups in total. The Labute approximate surface area is 222 Å². The highest BCUT2D eigenvalue weighted by Gasteiger charge is 2.30. The Balaban J connectivity index is 1.54. The van der Waals surface area contributed by atoms with Gasteiger partial charge in [0.1, 0.15) is 11.5 Å². The third-order valence-corrected chi connectivity index (χ3v) is 6.56. The van der Waals surface area contributed by atoms with Crippen molar-refractivity contribution in [2.75, 3.05) is 12.4 Å². The summed E-state index contributed by atoms with van der Waals surface area (Å²) in [5.74, 6) is 1.39. The second kappa shape index (κ2) is 11.6. The number of hydrogen-bond acceptors (Lipinski definition) is 6. The SMILES string of the molecule is COc1cccc(OC(C)c2nnc(SC(C)C(=O)Nc3ccc(C(F)(F)F)cc3)n2-c2ccccc2)c1. The first-order valence-electron chi connectivity index (χ1n) is 11.6. The maximum Gasteiger partial charge on any atom is 0.416 e. The first-order chi connectivity index (χ1) is 18.2. The molecule has 4 rings (SSSR count). The number of aromatic nitrogens is 3. The summed E-state index contributed by atoms with van der Waals surface area (Å²) >= 11 is 1.17. The molecule has 0 bridgehead atoms. The smallest absolute Gasteiger partial charge is 0.416 e. The zero-order valence-corrected chi connectivity index (χ0v) is 21.6. The molecule has 0 aliphatic carbocycles. The topological polar surface area (TPSA) is 78.3 Å². The molecule has 0 saturated carbocycles. The number of nitrogens with one attached hydrogen (secondary N) is 1.